The number of carbonyl (C=O) groups is 1. The number of rotatable bonds is 4. The fraction of sp³-hybridized carbons (Fsp3) is 0.278. The normalized spacial score (nSPS) is 16.2. The van der Waals surface area contributed by atoms with E-state index in [0.717, 1.165) is 22.6 Å². The Morgan fingerprint density at radius 2 is 2.17 bits per heavy atom. The van der Waals surface area contributed by atoms with E-state index in [1.54, 1.807) is 7.11 Å². The van der Waals surface area contributed by atoms with Crippen molar-refractivity contribution in [1.82, 2.24) is 5.32 Å². The summed E-state index contributed by atoms with van der Waals surface area (Å²) in [5.41, 5.74) is 1.90. The van der Waals surface area contributed by atoms with Gasteiger partial charge in [0.1, 0.15) is 18.1 Å². The molecule has 4 nitrogen and oxygen atoms in total. The van der Waals surface area contributed by atoms with E-state index >= 15 is 0 Å². The molecular weight excluding hydrogens is 314 g/mol. The summed E-state index contributed by atoms with van der Waals surface area (Å²) in [6.07, 6.45) is 0.640. The van der Waals surface area contributed by atoms with Gasteiger partial charge in [0.2, 0.25) is 5.91 Å². The molecule has 120 valence electrons. The SMILES string of the molecule is COc1ccc2c(c1)C[C@@H](C(=O)NCc1ccccc1Cl)CO2. The molecule has 0 bridgehead atoms. The second-order valence-corrected chi connectivity index (χ2v) is 5.90. The van der Waals surface area contributed by atoms with Gasteiger partial charge in [-0.25, -0.2) is 0 Å². The molecule has 1 atom stereocenters. The molecule has 2 aromatic rings. The largest absolute Gasteiger partial charge is 0.497 e. The van der Waals surface area contributed by atoms with Crippen LogP contribution in [0.2, 0.25) is 5.02 Å². The van der Waals surface area contributed by atoms with Crippen molar-refractivity contribution in [1.29, 1.82) is 0 Å². The van der Waals surface area contributed by atoms with E-state index in [-0.39, 0.29) is 11.8 Å². The van der Waals surface area contributed by atoms with Crippen molar-refractivity contribution in [2.24, 2.45) is 5.92 Å². The maximum atomic E-state index is 12.4. The maximum absolute atomic E-state index is 12.4. The fourth-order valence-corrected chi connectivity index (χ4v) is 2.84. The number of halogens is 1. The van der Waals surface area contributed by atoms with Gasteiger partial charge in [-0.05, 0) is 41.8 Å². The summed E-state index contributed by atoms with van der Waals surface area (Å²) < 4.78 is 10.9. The Balaban J connectivity index is 1.63. The summed E-state index contributed by atoms with van der Waals surface area (Å²) >= 11 is 6.10. The second-order valence-electron chi connectivity index (χ2n) is 5.49. The van der Waals surface area contributed by atoms with E-state index in [2.05, 4.69) is 5.32 Å². The predicted octanol–water partition coefficient (Wildman–Crippen LogP) is 3.22. The third-order valence-electron chi connectivity index (χ3n) is 3.96. The number of nitrogens with one attached hydrogen (secondary N) is 1. The Morgan fingerprint density at radius 3 is 2.96 bits per heavy atom. The molecule has 0 aromatic heterocycles. The first-order valence-corrected chi connectivity index (χ1v) is 7.86. The highest BCUT2D eigenvalue weighted by Gasteiger charge is 2.26. The number of hydrogen-bond acceptors (Lipinski definition) is 3. The Morgan fingerprint density at radius 1 is 1.35 bits per heavy atom. The van der Waals surface area contributed by atoms with Gasteiger partial charge < -0.3 is 14.8 Å². The van der Waals surface area contributed by atoms with Crippen molar-refractivity contribution >= 4 is 17.5 Å². The second kappa shape index (κ2) is 6.92. The van der Waals surface area contributed by atoms with Crippen LogP contribution in [-0.4, -0.2) is 19.6 Å². The molecule has 1 aliphatic rings. The third kappa shape index (κ3) is 3.59. The van der Waals surface area contributed by atoms with E-state index in [1.165, 1.54) is 0 Å². The molecule has 23 heavy (non-hydrogen) atoms. The minimum absolute atomic E-state index is 0.0293. The number of benzene rings is 2. The molecule has 5 heteroatoms. The molecular formula is C18H18ClNO3. The molecule has 1 aliphatic heterocycles. The quantitative estimate of drug-likeness (QED) is 0.935. The summed E-state index contributed by atoms with van der Waals surface area (Å²) in [5, 5.41) is 3.59. The lowest BCUT2D eigenvalue weighted by Gasteiger charge is -2.25. The van der Waals surface area contributed by atoms with Crippen LogP contribution in [0.15, 0.2) is 42.5 Å². The first-order chi connectivity index (χ1) is 11.2. The highest BCUT2D eigenvalue weighted by molar-refractivity contribution is 6.31. The Labute approximate surface area is 140 Å². The van der Waals surface area contributed by atoms with Gasteiger partial charge in [0.05, 0.1) is 13.0 Å². The highest BCUT2D eigenvalue weighted by atomic mass is 35.5. The number of methoxy groups -OCH3 is 1. The molecule has 0 saturated heterocycles. The molecule has 0 unspecified atom stereocenters. The first kappa shape index (κ1) is 15.7. The molecule has 3 rings (SSSR count). The number of fused-ring (bicyclic) bond motifs is 1. The number of hydrogen-bond donors (Lipinski definition) is 1. The lowest BCUT2D eigenvalue weighted by atomic mass is 9.95. The van der Waals surface area contributed by atoms with Crippen LogP contribution < -0.4 is 14.8 Å². The van der Waals surface area contributed by atoms with Crippen molar-refractivity contribution < 1.29 is 14.3 Å². The third-order valence-corrected chi connectivity index (χ3v) is 4.32. The van der Waals surface area contributed by atoms with E-state index in [0.29, 0.717) is 24.6 Å². The smallest absolute Gasteiger partial charge is 0.227 e. The first-order valence-electron chi connectivity index (χ1n) is 7.48. The Kier molecular flexibility index (Phi) is 4.72. The van der Waals surface area contributed by atoms with Gasteiger partial charge in [0.15, 0.2) is 0 Å². The van der Waals surface area contributed by atoms with Crippen molar-refractivity contribution in [3.05, 3.63) is 58.6 Å². The van der Waals surface area contributed by atoms with E-state index in [9.17, 15) is 4.79 Å². The number of carbonyl (C=O) groups excluding carboxylic acids is 1. The molecule has 0 spiro atoms. The molecule has 2 aromatic carbocycles. The summed E-state index contributed by atoms with van der Waals surface area (Å²) in [6, 6.07) is 13.1. The zero-order chi connectivity index (χ0) is 16.2. The van der Waals surface area contributed by atoms with Crippen LogP contribution in [0, 0.1) is 5.92 Å². The van der Waals surface area contributed by atoms with Crippen LogP contribution in [-0.2, 0) is 17.8 Å². The molecule has 0 fully saturated rings. The van der Waals surface area contributed by atoms with Crippen LogP contribution in [0.4, 0.5) is 0 Å². The van der Waals surface area contributed by atoms with Crippen molar-refractivity contribution in [2.45, 2.75) is 13.0 Å². The standard InChI is InChI=1S/C18H18ClNO3/c1-22-15-6-7-17-13(9-15)8-14(11-23-17)18(21)20-10-12-4-2-3-5-16(12)19/h2-7,9,14H,8,10-11H2,1H3,(H,20,21)/t14-/m1/s1. The zero-order valence-corrected chi connectivity index (χ0v) is 13.6. The van der Waals surface area contributed by atoms with Crippen molar-refractivity contribution in [2.75, 3.05) is 13.7 Å². The van der Waals surface area contributed by atoms with Crippen molar-refractivity contribution in [3.63, 3.8) is 0 Å². The van der Waals surface area contributed by atoms with Crippen LogP contribution in [0.3, 0.4) is 0 Å². The maximum Gasteiger partial charge on any atom is 0.227 e. The summed E-state index contributed by atoms with van der Waals surface area (Å²) in [4.78, 5) is 12.4. The minimum atomic E-state index is -0.211. The van der Waals surface area contributed by atoms with Gasteiger partial charge in [-0.3, -0.25) is 4.79 Å². The van der Waals surface area contributed by atoms with E-state index in [1.807, 2.05) is 42.5 Å². The summed E-state index contributed by atoms with van der Waals surface area (Å²) in [7, 11) is 1.62. The number of ether oxygens (including phenoxy) is 2. The molecule has 0 aliphatic carbocycles. The van der Waals surface area contributed by atoms with Gasteiger partial charge in [0, 0.05) is 11.6 Å². The van der Waals surface area contributed by atoms with Crippen LogP contribution in [0.5, 0.6) is 11.5 Å². The molecule has 0 radical (unpaired) electrons. The minimum Gasteiger partial charge on any atom is -0.497 e. The van der Waals surface area contributed by atoms with Gasteiger partial charge >= 0.3 is 0 Å². The van der Waals surface area contributed by atoms with Gasteiger partial charge in [-0.2, -0.15) is 0 Å². The topological polar surface area (TPSA) is 47.6 Å². The monoisotopic (exact) mass is 331 g/mol. The van der Waals surface area contributed by atoms with Gasteiger partial charge in [-0.15, -0.1) is 0 Å². The van der Waals surface area contributed by atoms with Crippen LogP contribution in [0.1, 0.15) is 11.1 Å². The average molecular weight is 332 g/mol. The highest BCUT2D eigenvalue weighted by Crippen LogP contribution is 2.30. The molecule has 1 N–H and O–H groups in total. The zero-order valence-electron chi connectivity index (χ0n) is 12.8. The Bertz CT molecular complexity index is 717. The van der Waals surface area contributed by atoms with E-state index in [4.69, 9.17) is 21.1 Å². The van der Waals surface area contributed by atoms with Crippen LogP contribution in [0.25, 0.3) is 0 Å². The van der Waals surface area contributed by atoms with Gasteiger partial charge in [0.25, 0.3) is 0 Å². The lowest BCUT2D eigenvalue weighted by Crippen LogP contribution is -2.37. The summed E-state index contributed by atoms with van der Waals surface area (Å²) in [6.45, 7) is 0.799. The molecule has 0 saturated carbocycles. The van der Waals surface area contributed by atoms with E-state index < -0.39 is 0 Å². The number of amides is 1. The fourth-order valence-electron chi connectivity index (χ4n) is 2.63. The van der Waals surface area contributed by atoms with Crippen LogP contribution >= 0.6 is 11.6 Å². The van der Waals surface area contributed by atoms with Crippen molar-refractivity contribution in [3.8, 4) is 11.5 Å². The average Bonchev–Trinajstić information content (AvgIpc) is 2.59. The van der Waals surface area contributed by atoms with Gasteiger partial charge in [-0.1, -0.05) is 29.8 Å². The molecule has 1 amide bonds. The predicted molar refractivity (Wildman–Crippen MR) is 89.0 cm³/mol. The molecule has 1 heterocycles. The Hall–Kier alpha value is -2.20. The summed E-state index contributed by atoms with van der Waals surface area (Å²) in [5.74, 6) is 1.35. The lowest BCUT2D eigenvalue weighted by molar-refractivity contribution is -0.126.